The number of hydrogen-bond donors (Lipinski definition) is 1. The Morgan fingerprint density at radius 2 is 2.21 bits per heavy atom. The van der Waals surface area contributed by atoms with E-state index in [1.807, 2.05) is 24.1 Å². The Labute approximate surface area is 121 Å². The zero-order valence-electron chi connectivity index (χ0n) is 11.3. The molecule has 1 fully saturated rings. The molecule has 106 valence electrons. The van der Waals surface area contributed by atoms with Gasteiger partial charge in [-0.25, -0.2) is 0 Å². The highest BCUT2D eigenvalue weighted by molar-refractivity contribution is 5.85. The van der Waals surface area contributed by atoms with Crippen molar-refractivity contribution in [3.8, 4) is 0 Å². The van der Waals surface area contributed by atoms with Crippen molar-refractivity contribution in [2.45, 2.75) is 31.7 Å². The summed E-state index contributed by atoms with van der Waals surface area (Å²) in [6.07, 6.45) is 7.33. The zero-order chi connectivity index (χ0) is 12.8. The third kappa shape index (κ3) is 4.18. The van der Waals surface area contributed by atoms with Gasteiger partial charge in [-0.3, -0.25) is 9.78 Å². The Morgan fingerprint density at radius 1 is 1.47 bits per heavy atom. The Balaban J connectivity index is 0.00000180. The van der Waals surface area contributed by atoms with E-state index < -0.39 is 0 Å². The average molecular weight is 284 g/mol. The van der Waals surface area contributed by atoms with Crippen molar-refractivity contribution in [1.82, 2.24) is 15.2 Å². The molecule has 1 unspecified atom stereocenters. The average Bonchev–Trinajstić information content (AvgIpc) is 2.89. The van der Waals surface area contributed by atoms with Crippen molar-refractivity contribution in [3.05, 3.63) is 30.1 Å². The summed E-state index contributed by atoms with van der Waals surface area (Å²) in [5.41, 5.74) is 1.21. The second kappa shape index (κ2) is 8.12. The van der Waals surface area contributed by atoms with Gasteiger partial charge in [-0.05, 0) is 50.6 Å². The molecule has 1 amide bonds. The molecule has 1 aromatic heterocycles. The van der Waals surface area contributed by atoms with E-state index in [1.54, 1.807) is 12.4 Å². The van der Waals surface area contributed by atoms with Crippen LogP contribution in [0.15, 0.2) is 24.5 Å². The minimum absolute atomic E-state index is 0. The zero-order valence-corrected chi connectivity index (χ0v) is 12.2. The fourth-order valence-corrected chi connectivity index (χ4v) is 2.56. The molecule has 4 nitrogen and oxygen atoms in total. The molecule has 1 aromatic rings. The van der Waals surface area contributed by atoms with Crippen molar-refractivity contribution in [2.24, 2.45) is 0 Å². The molecule has 0 radical (unpaired) electrons. The standard InChI is InChI=1S/C14H21N3O.ClH/c1-15-8-2-5-14(18)17-11-3-4-13(17)12-6-9-16-10-7-12;/h6-7,9-10,13,15H,2-5,8,11H2,1H3;1H. The van der Waals surface area contributed by atoms with Crippen LogP contribution in [-0.2, 0) is 4.79 Å². The van der Waals surface area contributed by atoms with E-state index in [0.29, 0.717) is 6.42 Å². The van der Waals surface area contributed by atoms with Crippen LogP contribution in [0, 0.1) is 0 Å². The maximum atomic E-state index is 12.2. The molecule has 5 heteroatoms. The van der Waals surface area contributed by atoms with Gasteiger partial charge in [0.05, 0.1) is 6.04 Å². The summed E-state index contributed by atoms with van der Waals surface area (Å²) in [6.45, 7) is 1.80. The Kier molecular flexibility index (Phi) is 6.81. The number of nitrogens with zero attached hydrogens (tertiary/aromatic N) is 2. The number of carbonyl (C=O) groups is 1. The van der Waals surface area contributed by atoms with E-state index in [0.717, 1.165) is 32.4 Å². The topological polar surface area (TPSA) is 45.2 Å². The monoisotopic (exact) mass is 283 g/mol. The number of pyridine rings is 1. The molecule has 2 heterocycles. The Bertz CT molecular complexity index is 386. The number of hydrogen-bond acceptors (Lipinski definition) is 3. The van der Waals surface area contributed by atoms with E-state index in [4.69, 9.17) is 0 Å². The second-order valence-electron chi connectivity index (χ2n) is 4.73. The normalized spacial score (nSPS) is 18.2. The van der Waals surface area contributed by atoms with Crippen LogP contribution < -0.4 is 5.32 Å². The molecule has 1 N–H and O–H groups in total. The summed E-state index contributed by atoms with van der Waals surface area (Å²) >= 11 is 0. The highest BCUT2D eigenvalue weighted by atomic mass is 35.5. The molecule has 1 saturated heterocycles. The SMILES string of the molecule is CNCCCC(=O)N1CCCC1c1ccncc1.Cl. The van der Waals surface area contributed by atoms with Crippen molar-refractivity contribution in [2.75, 3.05) is 20.1 Å². The fraction of sp³-hybridized carbons (Fsp3) is 0.571. The molecule has 1 aliphatic rings. The highest BCUT2D eigenvalue weighted by Gasteiger charge is 2.29. The van der Waals surface area contributed by atoms with Crippen LogP contribution in [0.1, 0.15) is 37.3 Å². The third-order valence-corrected chi connectivity index (χ3v) is 3.48. The molecular weight excluding hydrogens is 262 g/mol. The lowest BCUT2D eigenvalue weighted by Crippen LogP contribution is -2.30. The van der Waals surface area contributed by atoms with E-state index in [-0.39, 0.29) is 24.4 Å². The van der Waals surface area contributed by atoms with Crippen LogP contribution in [0.3, 0.4) is 0 Å². The summed E-state index contributed by atoms with van der Waals surface area (Å²) in [6, 6.07) is 4.29. The largest absolute Gasteiger partial charge is 0.336 e. The van der Waals surface area contributed by atoms with Gasteiger partial charge in [-0.15, -0.1) is 12.4 Å². The maximum Gasteiger partial charge on any atom is 0.223 e. The highest BCUT2D eigenvalue weighted by Crippen LogP contribution is 2.31. The number of amides is 1. The summed E-state index contributed by atoms with van der Waals surface area (Å²) in [5.74, 6) is 0.282. The molecular formula is C14H22ClN3O. The number of carbonyl (C=O) groups excluding carboxylic acids is 1. The van der Waals surface area contributed by atoms with Gasteiger partial charge < -0.3 is 10.2 Å². The Hall–Kier alpha value is -1.13. The molecule has 2 rings (SSSR count). The maximum absolute atomic E-state index is 12.2. The van der Waals surface area contributed by atoms with Gasteiger partial charge in [0.2, 0.25) is 5.91 Å². The minimum atomic E-state index is 0. The molecule has 0 saturated carbocycles. The second-order valence-corrected chi connectivity index (χ2v) is 4.73. The van der Waals surface area contributed by atoms with Crippen molar-refractivity contribution < 1.29 is 4.79 Å². The van der Waals surface area contributed by atoms with Gasteiger partial charge in [0.15, 0.2) is 0 Å². The first-order valence-corrected chi connectivity index (χ1v) is 6.67. The van der Waals surface area contributed by atoms with Crippen molar-refractivity contribution in [1.29, 1.82) is 0 Å². The van der Waals surface area contributed by atoms with Gasteiger partial charge in [0, 0.05) is 25.4 Å². The Morgan fingerprint density at radius 3 is 2.89 bits per heavy atom. The molecule has 19 heavy (non-hydrogen) atoms. The number of nitrogens with one attached hydrogen (secondary N) is 1. The van der Waals surface area contributed by atoms with E-state index in [9.17, 15) is 4.79 Å². The van der Waals surface area contributed by atoms with E-state index in [2.05, 4.69) is 10.3 Å². The summed E-state index contributed by atoms with van der Waals surface area (Å²) < 4.78 is 0. The lowest BCUT2D eigenvalue weighted by atomic mass is 10.1. The van der Waals surface area contributed by atoms with Gasteiger partial charge in [0.1, 0.15) is 0 Å². The van der Waals surface area contributed by atoms with E-state index in [1.165, 1.54) is 5.56 Å². The predicted molar refractivity (Wildman–Crippen MR) is 78.3 cm³/mol. The van der Waals surface area contributed by atoms with Crippen molar-refractivity contribution in [3.63, 3.8) is 0 Å². The van der Waals surface area contributed by atoms with E-state index >= 15 is 0 Å². The van der Waals surface area contributed by atoms with Gasteiger partial charge in [0.25, 0.3) is 0 Å². The van der Waals surface area contributed by atoms with Crippen LogP contribution in [0.5, 0.6) is 0 Å². The molecule has 0 aliphatic carbocycles. The number of aromatic nitrogens is 1. The number of likely N-dealkylation sites (tertiary alicyclic amines) is 1. The third-order valence-electron chi connectivity index (χ3n) is 3.48. The molecule has 0 aromatic carbocycles. The quantitative estimate of drug-likeness (QED) is 0.843. The smallest absolute Gasteiger partial charge is 0.223 e. The number of halogens is 1. The lowest BCUT2D eigenvalue weighted by molar-refractivity contribution is -0.132. The lowest BCUT2D eigenvalue weighted by Gasteiger charge is -2.25. The number of rotatable bonds is 5. The fourth-order valence-electron chi connectivity index (χ4n) is 2.56. The first-order chi connectivity index (χ1) is 8.83. The summed E-state index contributed by atoms with van der Waals surface area (Å²) in [7, 11) is 1.92. The minimum Gasteiger partial charge on any atom is -0.336 e. The van der Waals surface area contributed by atoms with Crippen LogP contribution in [0.25, 0.3) is 0 Å². The first-order valence-electron chi connectivity index (χ1n) is 6.67. The molecule has 0 spiro atoms. The van der Waals surface area contributed by atoms with Crippen LogP contribution in [-0.4, -0.2) is 35.9 Å². The molecule has 0 bridgehead atoms. The summed E-state index contributed by atoms with van der Waals surface area (Å²) in [4.78, 5) is 18.3. The predicted octanol–water partition coefficient (Wildman–Crippen LogP) is 2.17. The van der Waals surface area contributed by atoms with Gasteiger partial charge in [-0.1, -0.05) is 0 Å². The summed E-state index contributed by atoms with van der Waals surface area (Å²) in [5, 5.41) is 3.08. The molecule has 1 atom stereocenters. The van der Waals surface area contributed by atoms with Crippen molar-refractivity contribution >= 4 is 18.3 Å². The van der Waals surface area contributed by atoms with Gasteiger partial charge >= 0.3 is 0 Å². The van der Waals surface area contributed by atoms with Crippen LogP contribution in [0.4, 0.5) is 0 Å². The van der Waals surface area contributed by atoms with Crippen LogP contribution in [0.2, 0.25) is 0 Å². The van der Waals surface area contributed by atoms with Gasteiger partial charge in [-0.2, -0.15) is 0 Å². The van der Waals surface area contributed by atoms with Crippen LogP contribution >= 0.6 is 12.4 Å². The first kappa shape index (κ1) is 15.9. The molecule has 1 aliphatic heterocycles.